The van der Waals surface area contributed by atoms with E-state index in [-0.39, 0.29) is 11.7 Å². The number of ether oxygens (including phenoxy) is 1. The predicted molar refractivity (Wildman–Crippen MR) is 85.9 cm³/mol. The lowest BCUT2D eigenvalue weighted by Gasteiger charge is -2.34. The van der Waals surface area contributed by atoms with Crippen LogP contribution in [0.1, 0.15) is 12.8 Å². The molecule has 5 nitrogen and oxygen atoms in total. The van der Waals surface area contributed by atoms with Crippen molar-refractivity contribution in [2.45, 2.75) is 18.9 Å². The number of hydrogen-bond donors (Lipinski definition) is 1. The number of piperazine rings is 1. The molecular formula is C17H24FN3O2. The van der Waals surface area contributed by atoms with Crippen LogP contribution in [0, 0.1) is 5.82 Å². The average molecular weight is 321 g/mol. The highest BCUT2D eigenvalue weighted by molar-refractivity contribution is 5.78. The van der Waals surface area contributed by atoms with E-state index in [2.05, 4.69) is 15.1 Å². The molecule has 0 spiro atoms. The smallest absolute Gasteiger partial charge is 0.234 e. The molecule has 0 aromatic heterocycles. The molecule has 126 valence electrons. The van der Waals surface area contributed by atoms with Crippen LogP contribution < -0.4 is 10.1 Å². The molecule has 1 amide bonds. The lowest BCUT2D eigenvalue weighted by molar-refractivity contribution is -0.122. The molecule has 6 heteroatoms. The lowest BCUT2D eigenvalue weighted by Crippen LogP contribution is -2.50. The Kier molecular flexibility index (Phi) is 5.46. The second kappa shape index (κ2) is 7.75. The van der Waals surface area contributed by atoms with Crippen LogP contribution in [0.25, 0.3) is 0 Å². The van der Waals surface area contributed by atoms with E-state index in [1.807, 2.05) is 0 Å². The Bertz CT molecular complexity index is 528. The lowest BCUT2D eigenvalue weighted by atomic mass is 10.3. The molecule has 2 fully saturated rings. The molecule has 1 N–H and O–H groups in total. The molecule has 0 bridgehead atoms. The molecule has 2 aliphatic rings. The first kappa shape index (κ1) is 16.2. The topological polar surface area (TPSA) is 44.8 Å². The monoisotopic (exact) mass is 321 g/mol. The summed E-state index contributed by atoms with van der Waals surface area (Å²) >= 11 is 0. The van der Waals surface area contributed by atoms with Crippen molar-refractivity contribution in [3.63, 3.8) is 0 Å². The number of hydrogen-bond acceptors (Lipinski definition) is 4. The number of para-hydroxylation sites is 1. The molecule has 0 radical (unpaired) electrons. The zero-order valence-electron chi connectivity index (χ0n) is 13.3. The zero-order chi connectivity index (χ0) is 16.1. The summed E-state index contributed by atoms with van der Waals surface area (Å²) in [6, 6.07) is 6.90. The van der Waals surface area contributed by atoms with E-state index in [0.717, 1.165) is 45.6 Å². The standard InChI is InChI=1S/C17H24FN3O2/c18-15-3-1-2-4-16(15)23-12-11-20-7-9-21(10-8-20)13-17(22)19-14-5-6-14/h1-4,14H,5-13H2,(H,19,22). The minimum absolute atomic E-state index is 0.142. The van der Waals surface area contributed by atoms with Crippen LogP contribution in [0.3, 0.4) is 0 Å². The van der Waals surface area contributed by atoms with Gasteiger partial charge in [0.05, 0.1) is 6.54 Å². The van der Waals surface area contributed by atoms with Crippen molar-refractivity contribution in [2.24, 2.45) is 0 Å². The summed E-state index contributed by atoms with van der Waals surface area (Å²) in [4.78, 5) is 16.3. The van der Waals surface area contributed by atoms with Crippen LogP contribution in [0.5, 0.6) is 5.75 Å². The van der Waals surface area contributed by atoms with Gasteiger partial charge in [0.25, 0.3) is 0 Å². The SMILES string of the molecule is O=C(CN1CCN(CCOc2ccccc2F)CC1)NC1CC1. The van der Waals surface area contributed by atoms with Crippen molar-refractivity contribution in [3.8, 4) is 5.75 Å². The number of benzene rings is 1. The van der Waals surface area contributed by atoms with E-state index < -0.39 is 0 Å². The number of carbonyl (C=O) groups excluding carboxylic acids is 1. The van der Waals surface area contributed by atoms with Crippen LogP contribution in [0.4, 0.5) is 4.39 Å². The molecule has 1 aromatic rings. The number of rotatable bonds is 7. The largest absolute Gasteiger partial charge is 0.489 e. The van der Waals surface area contributed by atoms with Gasteiger partial charge in [-0.3, -0.25) is 14.6 Å². The van der Waals surface area contributed by atoms with Crippen molar-refractivity contribution in [1.82, 2.24) is 15.1 Å². The van der Waals surface area contributed by atoms with Gasteiger partial charge in [-0.05, 0) is 25.0 Å². The van der Waals surface area contributed by atoms with Crippen molar-refractivity contribution in [2.75, 3.05) is 45.9 Å². The average Bonchev–Trinajstić information content (AvgIpc) is 3.35. The molecule has 3 rings (SSSR count). The van der Waals surface area contributed by atoms with Crippen LogP contribution in [-0.2, 0) is 4.79 Å². The summed E-state index contributed by atoms with van der Waals surface area (Å²) in [5.41, 5.74) is 0. The highest BCUT2D eigenvalue weighted by Crippen LogP contribution is 2.18. The van der Waals surface area contributed by atoms with Crippen LogP contribution in [-0.4, -0.2) is 67.6 Å². The molecule has 23 heavy (non-hydrogen) atoms. The number of halogens is 1. The maximum absolute atomic E-state index is 13.4. The van der Waals surface area contributed by atoms with Crippen molar-refractivity contribution in [1.29, 1.82) is 0 Å². The van der Waals surface area contributed by atoms with Gasteiger partial charge in [0.1, 0.15) is 6.61 Å². The number of carbonyl (C=O) groups is 1. The van der Waals surface area contributed by atoms with Gasteiger partial charge < -0.3 is 10.1 Å². The molecule has 1 heterocycles. The van der Waals surface area contributed by atoms with Gasteiger partial charge in [0.2, 0.25) is 5.91 Å². The molecule has 0 unspecified atom stereocenters. The molecular weight excluding hydrogens is 297 g/mol. The van der Waals surface area contributed by atoms with Crippen molar-refractivity contribution in [3.05, 3.63) is 30.1 Å². The second-order valence-corrected chi connectivity index (χ2v) is 6.24. The highest BCUT2D eigenvalue weighted by atomic mass is 19.1. The van der Waals surface area contributed by atoms with E-state index in [4.69, 9.17) is 4.74 Å². The van der Waals surface area contributed by atoms with Gasteiger partial charge in [-0.1, -0.05) is 12.1 Å². The van der Waals surface area contributed by atoms with Crippen LogP contribution in [0.2, 0.25) is 0 Å². The molecule has 1 saturated heterocycles. The molecule has 1 aliphatic carbocycles. The molecule has 1 aliphatic heterocycles. The third-order valence-corrected chi connectivity index (χ3v) is 4.28. The fraction of sp³-hybridized carbons (Fsp3) is 0.588. The summed E-state index contributed by atoms with van der Waals surface area (Å²) < 4.78 is 18.9. The molecule has 0 atom stereocenters. The van der Waals surface area contributed by atoms with Gasteiger partial charge >= 0.3 is 0 Å². The fourth-order valence-corrected chi connectivity index (χ4v) is 2.72. The summed E-state index contributed by atoms with van der Waals surface area (Å²) in [6.45, 7) is 5.35. The zero-order valence-corrected chi connectivity index (χ0v) is 13.3. The van der Waals surface area contributed by atoms with Crippen molar-refractivity contribution < 1.29 is 13.9 Å². The minimum Gasteiger partial charge on any atom is -0.489 e. The summed E-state index contributed by atoms with van der Waals surface area (Å²) in [5.74, 6) is 0.130. The van der Waals surface area contributed by atoms with E-state index in [9.17, 15) is 9.18 Å². The van der Waals surface area contributed by atoms with Crippen molar-refractivity contribution >= 4 is 5.91 Å². The Morgan fingerprint density at radius 2 is 1.87 bits per heavy atom. The highest BCUT2D eigenvalue weighted by Gasteiger charge is 2.25. The first-order chi connectivity index (χ1) is 11.2. The summed E-state index contributed by atoms with van der Waals surface area (Å²) in [6.07, 6.45) is 2.25. The Hall–Kier alpha value is -1.66. The van der Waals surface area contributed by atoms with Gasteiger partial charge in [0.15, 0.2) is 11.6 Å². The summed E-state index contributed by atoms with van der Waals surface area (Å²) in [5, 5.41) is 3.02. The number of amides is 1. The first-order valence-corrected chi connectivity index (χ1v) is 8.32. The van der Waals surface area contributed by atoms with E-state index in [0.29, 0.717) is 24.9 Å². The first-order valence-electron chi connectivity index (χ1n) is 8.32. The van der Waals surface area contributed by atoms with Gasteiger partial charge in [-0.25, -0.2) is 4.39 Å². The Morgan fingerprint density at radius 3 is 2.57 bits per heavy atom. The fourth-order valence-electron chi connectivity index (χ4n) is 2.72. The maximum atomic E-state index is 13.4. The summed E-state index contributed by atoms with van der Waals surface area (Å²) in [7, 11) is 0. The molecule has 1 saturated carbocycles. The van der Waals surface area contributed by atoms with Gasteiger partial charge in [-0.2, -0.15) is 0 Å². The molecule has 1 aromatic carbocycles. The Morgan fingerprint density at radius 1 is 1.17 bits per heavy atom. The van der Waals surface area contributed by atoms with Gasteiger partial charge in [0, 0.05) is 38.8 Å². The van der Waals surface area contributed by atoms with Gasteiger partial charge in [-0.15, -0.1) is 0 Å². The Labute approximate surface area is 136 Å². The van der Waals surface area contributed by atoms with E-state index in [1.165, 1.54) is 6.07 Å². The number of nitrogens with one attached hydrogen (secondary N) is 1. The second-order valence-electron chi connectivity index (χ2n) is 6.24. The minimum atomic E-state index is -0.320. The Balaban J connectivity index is 1.31. The normalized spacial score (nSPS) is 19.5. The quantitative estimate of drug-likeness (QED) is 0.817. The van der Waals surface area contributed by atoms with Crippen LogP contribution >= 0.6 is 0 Å². The predicted octanol–water partition coefficient (Wildman–Crippen LogP) is 1.10. The van der Waals surface area contributed by atoms with E-state index in [1.54, 1.807) is 18.2 Å². The van der Waals surface area contributed by atoms with E-state index >= 15 is 0 Å². The number of nitrogens with zero attached hydrogens (tertiary/aromatic N) is 2. The maximum Gasteiger partial charge on any atom is 0.234 e. The third-order valence-electron chi connectivity index (χ3n) is 4.28. The van der Waals surface area contributed by atoms with Crippen LogP contribution in [0.15, 0.2) is 24.3 Å². The third kappa shape index (κ3) is 5.18.